The molecule has 2 fully saturated rings. The van der Waals surface area contributed by atoms with Crippen molar-refractivity contribution in [3.05, 3.63) is 34.0 Å². The maximum Gasteiger partial charge on any atom is 0.292 e. The van der Waals surface area contributed by atoms with Crippen molar-refractivity contribution < 1.29 is 13.9 Å². The number of nitrogens with zero attached hydrogens (tertiary/aromatic N) is 2. The van der Waals surface area contributed by atoms with E-state index in [0.717, 1.165) is 42.4 Å². The molecule has 1 spiro atoms. The van der Waals surface area contributed by atoms with Gasteiger partial charge in [0.15, 0.2) is 5.76 Å². The number of amides is 1. The highest BCUT2D eigenvalue weighted by molar-refractivity contribution is 6.32. The zero-order valence-electron chi connectivity index (χ0n) is 14.9. The smallest absolute Gasteiger partial charge is 0.292 e. The normalized spacial score (nSPS) is 20.7. The summed E-state index contributed by atoms with van der Waals surface area (Å²) in [6.07, 6.45) is 1.67. The molecule has 4 rings (SSSR count). The standard InChI is InChI=1S/C19H23ClN2O3/c1-12-10-16-14(11-15(12)20)13(2)17(25-16)18(23)22-8-9-24-19(22)4-6-21(3)7-5-19/h10-11H,4-9H2,1-3H3. The zero-order valence-corrected chi connectivity index (χ0v) is 15.7. The highest BCUT2D eigenvalue weighted by Gasteiger charge is 2.47. The van der Waals surface area contributed by atoms with Crippen LogP contribution in [0.1, 0.15) is 34.5 Å². The van der Waals surface area contributed by atoms with E-state index in [9.17, 15) is 4.79 Å². The molecule has 0 atom stereocenters. The second-order valence-corrected chi connectivity index (χ2v) is 7.62. The quantitative estimate of drug-likeness (QED) is 0.777. The molecule has 1 amide bonds. The molecule has 0 N–H and O–H groups in total. The highest BCUT2D eigenvalue weighted by atomic mass is 35.5. The summed E-state index contributed by atoms with van der Waals surface area (Å²) in [6.45, 7) is 6.90. The van der Waals surface area contributed by atoms with Gasteiger partial charge in [-0.3, -0.25) is 4.79 Å². The molecule has 5 nitrogen and oxygen atoms in total. The number of piperidine rings is 1. The maximum absolute atomic E-state index is 13.3. The molecule has 25 heavy (non-hydrogen) atoms. The zero-order chi connectivity index (χ0) is 17.8. The fourth-order valence-electron chi connectivity index (χ4n) is 3.95. The van der Waals surface area contributed by atoms with Crippen LogP contribution in [0.4, 0.5) is 0 Å². The first kappa shape index (κ1) is 16.9. The van der Waals surface area contributed by atoms with Crippen LogP contribution in [0.2, 0.25) is 5.02 Å². The number of ether oxygens (including phenoxy) is 1. The monoisotopic (exact) mass is 362 g/mol. The van der Waals surface area contributed by atoms with Crippen LogP contribution >= 0.6 is 11.6 Å². The third-order valence-electron chi connectivity index (χ3n) is 5.60. The number of rotatable bonds is 1. The molecule has 2 aliphatic rings. The summed E-state index contributed by atoms with van der Waals surface area (Å²) in [6, 6.07) is 3.78. The molecule has 1 aromatic heterocycles. The fraction of sp³-hybridized carbons (Fsp3) is 0.526. The molecule has 0 radical (unpaired) electrons. The van der Waals surface area contributed by atoms with Gasteiger partial charge in [-0.1, -0.05) is 11.6 Å². The Morgan fingerprint density at radius 3 is 2.64 bits per heavy atom. The van der Waals surface area contributed by atoms with Gasteiger partial charge in [0.2, 0.25) is 0 Å². The SMILES string of the molecule is Cc1cc2oc(C(=O)N3CCOC34CCN(C)CC4)c(C)c2cc1Cl. The molecular formula is C19H23ClN2O3. The minimum atomic E-state index is -0.484. The average molecular weight is 363 g/mol. The van der Waals surface area contributed by atoms with Crippen LogP contribution in [0.5, 0.6) is 0 Å². The molecule has 0 unspecified atom stereocenters. The lowest BCUT2D eigenvalue weighted by Crippen LogP contribution is -2.54. The van der Waals surface area contributed by atoms with Gasteiger partial charge in [0.1, 0.15) is 11.3 Å². The Morgan fingerprint density at radius 1 is 1.20 bits per heavy atom. The summed E-state index contributed by atoms with van der Waals surface area (Å²) >= 11 is 6.24. The lowest BCUT2D eigenvalue weighted by Gasteiger charge is -2.42. The molecule has 1 aromatic carbocycles. The topological polar surface area (TPSA) is 45.9 Å². The number of aryl methyl sites for hydroxylation is 2. The fourth-order valence-corrected chi connectivity index (χ4v) is 4.11. The van der Waals surface area contributed by atoms with Gasteiger partial charge in [-0.2, -0.15) is 0 Å². The number of hydrogen-bond acceptors (Lipinski definition) is 4. The second kappa shape index (κ2) is 6.01. The van der Waals surface area contributed by atoms with Crippen LogP contribution in [0.25, 0.3) is 11.0 Å². The van der Waals surface area contributed by atoms with Crippen molar-refractivity contribution in [1.82, 2.24) is 9.80 Å². The van der Waals surface area contributed by atoms with E-state index in [-0.39, 0.29) is 5.91 Å². The summed E-state index contributed by atoms with van der Waals surface area (Å²) in [7, 11) is 2.10. The van der Waals surface area contributed by atoms with Crippen molar-refractivity contribution in [2.75, 3.05) is 33.3 Å². The Balaban J connectivity index is 1.71. The van der Waals surface area contributed by atoms with Gasteiger partial charge >= 0.3 is 0 Å². The molecule has 2 aromatic rings. The lowest BCUT2D eigenvalue weighted by atomic mass is 9.98. The lowest BCUT2D eigenvalue weighted by molar-refractivity contribution is -0.103. The summed E-state index contributed by atoms with van der Waals surface area (Å²) in [4.78, 5) is 17.4. The van der Waals surface area contributed by atoms with Crippen molar-refractivity contribution >= 4 is 28.5 Å². The molecule has 6 heteroatoms. The van der Waals surface area contributed by atoms with Gasteiger partial charge in [0, 0.05) is 48.4 Å². The van der Waals surface area contributed by atoms with E-state index >= 15 is 0 Å². The van der Waals surface area contributed by atoms with Crippen molar-refractivity contribution in [3.63, 3.8) is 0 Å². The van der Waals surface area contributed by atoms with Crippen molar-refractivity contribution in [2.45, 2.75) is 32.4 Å². The Kier molecular flexibility index (Phi) is 4.06. The average Bonchev–Trinajstić information content (AvgIpc) is 3.13. The molecule has 0 aliphatic carbocycles. The predicted octanol–water partition coefficient (Wildman–Crippen LogP) is 3.60. The first-order chi connectivity index (χ1) is 11.9. The Bertz CT molecular complexity index is 837. The number of carbonyl (C=O) groups excluding carboxylic acids is 1. The number of hydrogen-bond donors (Lipinski definition) is 0. The van der Waals surface area contributed by atoms with Gasteiger partial charge in [-0.25, -0.2) is 0 Å². The predicted molar refractivity (Wildman–Crippen MR) is 97.1 cm³/mol. The van der Waals surface area contributed by atoms with Crippen LogP contribution < -0.4 is 0 Å². The largest absolute Gasteiger partial charge is 0.451 e. The van der Waals surface area contributed by atoms with E-state index in [1.54, 1.807) is 0 Å². The molecule has 0 saturated carbocycles. The van der Waals surface area contributed by atoms with Crippen molar-refractivity contribution in [2.24, 2.45) is 0 Å². The van der Waals surface area contributed by atoms with Gasteiger partial charge in [-0.15, -0.1) is 0 Å². The summed E-state index contributed by atoms with van der Waals surface area (Å²) in [5.74, 6) is 0.324. The minimum Gasteiger partial charge on any atom is -0.451 e. The molecule has 3 heterocycles. The Labute approximate surface area is 152 Å². The Morgan fingerprint density at radius 2 is 1.92 bits per heavy atom. The number of carbonyl (C=O) groups is 1. The highest BCUT2D eigenvalue weighted by Crippen LogP contribution is 2.37. The first-order valence-electron chi connectivity index (χ1n) is 8.75. The number of fused-ring (bicyclic) bond motifs is 1. The van der Waals surface area contributed by atoms with Gasteiger partial charge in [0.05, 0.1) is 6.61 Å². The third-order valence-corrected chi connectivity index (χ3v) is 6.01. The van der Waals surface area contributed by atoms with Crippen molar-refractivity contribution in [1.29, 1.82) is 0 Å². The van der Waals surface area contributed by atoms with E-state index in [2.05, 4.69) is 11.9 Å². The van der Waals surface area contributed by atoms with Crippen molar-refractivity contribution in [3.8, 4) is 0 Å². The molecular weight excluding hydrogens is 340 g/mol. The molecule has 134 valence electrons. The number of furan rings is 1. The van der Waals surface area contributed by atoms with Gasteiger partial charge in [0.25, 0.3) is 5.91 Å². The van der Waals surface area contributed by atoms with Gasteiger partial charge < -0.3 is 19.0 Å². The third kappa shape index (κ3) is 2.65. The summed E-state index contributed by atoms with van der Waals surface area (Å²) in [5.41, 5.74) is 2.01. The first-order valence-corrected chi connectivity index (χ1v) is 9.13. The van der Waals surface area contributed by atoms with E-state index in [0.29, 0.717) is 29.5 Å². The van der Waals surface area contributed by atoms with E-state index < -0.39 is 5.72 Å². The Hall–Kier alpha value is -1.56. The molecule has 2 saturated heterocycles. The van der Waals surface area contributed by atoms with E-state index in [1.165, 1.54) is 0 Å². The van der Waals surface area contributed by atoms with Crippen LogP contribution in [-0.2, 0) is 4.74 Å². The van der Waals surface area contributed by atoms with Crippen LogP contribution in [0.15, 0.2) is 16.5 Å². The maximum atomic E-state index is 13.3. The van der Waals surface area contributed by atoms with Gasteiger partial charge in [-0.05, 0) is 38.6 Å². The number of likely N-dealkylation sites (tertiary alicyclic amines) is 1. The van der Waals surface area contributed by atoms with Crippen LogP contribution in [-0.4, -0.2) is 54.7 Å². The van der Waals surface area contributed by atoms with E-state index in [1.807, 2.05) is 30.9 Å². The number of benzene rings is 1. The molecule has 0 bridgehead atoms. The van der Waals surface area contributed by atoms with E-state index in [4.69, 9.17) is 20.8 Å². The summed E-state index contributed by atoms with van der Waals surface area (Å²) < 4.78 is 12.0. The number of halogens is 1. The van der Waals surface area contributed by atoms with Crippen LogP contribution in [0, 0.1) is 13.8 Å². The molecule has 2 aliphatic heterocycles. The second-order valence-electron chi connectivity index (χ2n) is 7.21. The van der Waals surface area contributed by atoms with Crippen LogP contribution in [0.3, 0.4) is 0 Å². The summed E-state index contributed by atoms with van der Waals surface area (Å²) in [5, 5.41) is 1.59. The minimum absolute atomic E-state index is 0.0791.